The number of halogens is 3. The molecule has 2 aliphatic rings. The number of aliphatic hydroxyl groups excluding tert-OH is 2. The lowest BCUT2D eigenvalue weighted by molar-refractivity contribution is -0.0793. The van der Waals surface area contributed by atoms with Crippen molar-refractivity contribution in [1.29, 1.82) is 0 Å². The Kier molecular flexibility index (Phi) is 5.99. The minimum atomic E-state index is -4.40. The summed E-state index contributed by atoms with van der Waals surface area (Å²) in [6.07, 6.45) is -4.98. The van der Waals surface area contributed by atoms with Crippen LogP contribution in [0.3, 0.4) is 0 Å². The normalized spacial score (nSPS) is 28.7. The van der Waals surface area contributed by atoms with Crippen molar-refractivity contribution in [3.05, 3.63) is 17.5 Å². The van der Waals surface area contributed by atoms with Gasteiger partial charge in [-0.1, -0.05) is 0 Å². The van der Waals surface area contributed by atoms with Crippen LogP contribution in [0.25, 0.3) is 11.0 Å². The average molecular weight is 485 g/mol. The summed E-state index contributed by atoms with van der Waals surface area (Å²) < 4.78 is 49.1. The van der Waals surface area contributed by atoms with Gasteiger partial charge in [-0.25, -0.2) is 13.8 Å². The number of hydrogen-bond acceptors (Lipinski definition) is 8. The summed E-state index contributed by atoms with van der Waals surface area (Å²) in [4.78, 5) is 25.9. The van der Waals surface area contributed by atoms with Gasteiger partial charge in [0.05, 0.1) is 12.0 Å². The molecule has 0 amide bonds. The third-order valence-corrected chi connectivity index (χ3v) is 5.82. The van der Waals surface area contributed by atoms with Crippen LogP contribution in [0.15, 0.2) is 12.3 Å². The number of alkyl halides is 2. The summed E-state index contributed by atoms with van der Waals surface area (Å²) in [5, 5.41) is 23.9. The first-order valence-corrected chi connectivity index (χ1v) is 11.4. The fourth-order valence-corrected chi connectivity index (χ4v) is 4.17. The van der Waals surface area contributed by atoms with Gasteiger partial charge in [-0.15, -0.1) is 0 Å². The molecule has 31 heavy (non-hydrogen) atoms. The lowest BCUT2D eigenvalue weighted by Gasteiger charge is -2.35. The highest BCUT2D eigenvalue weighted by molar-refractivity contribution is 7.51. The van der Waals surface area contributed by atoms with Crippen LogP contribution < -0.4 is 5.32 Å². The molecule has 0 radical (unpaired) electrons. The van der Waals surface area contributed by atoms with Gasteiger partial charge in [-0.05, 0) is 17.7 Å². The predicted molar refractivity (Wildman–Crippen MR) is 103 cm³/mol. The molecular formula is C16H20ClF2N4O7P. The van der Waals surface area contributed by atoms with Gasteiger partial charge < -0.3 is 39.4 Å². The number of anilines is 1. The number of nitrogens with zero attached hydrogens (tertiary/aromatic N) is 3. The first-order chi connectivity index (χ1) is 14.4. The molecule has 4 rings (SSSR count). The standard InChI is InChI=1S/C16H20ClF2N4O7P/c17-15-21-12(20-7-3-16(18,19)4-7)8-1-2-23(13(8)22-15)14-11(25)10(24)9(30-14)5-29-6-31(26,27)28/h1-2,7,9-11,14,24-25H,3-6H2,(H,20,21,22)(H2,26,27,28)/t9-,10-,11-,14-/m1/s1. The van der Waals surface area contributed by atoms with Crippen molar-refractivity contribution in [2.45, 2.75) is 49.3 Å². The van der Waals surface area contributed by atoms with E-state index in [2.05, 4.69) is 15.3 Å². The molecule has 1 aliphatic heterocycles. The highest BCUT2D eigenvalue weighted by atomic mass is 35.5. The molecule has 11 nitrogen and oxygen atoms in total. The molecule has 15 heteroatoms. The van der Waals surface area contributed by atoms with E-state index in [9.17, 15) is 23.6 Å². The van der Waals surface area contributed by atoms with Crippen molar-refractivity contribution in [2.75, 3.05) is 18.3 Å². The second kappa shape index (κ2) is 8.16. The van der Waals surface area contributed by atoms with Crippen LogP contribution >= 0.6 is 19.2 Å². The average Bonchev–Trinajstić information content (AvgIpc) is 3.15. The highest BCUT2D eigenvalue weighted by Gasteiger charge is 2.46. The van der Waals surface area contributed by atoms with E-state index < -0.39 is 50.4 Å². The van der Waals surface area contributed by atoms with Crippen molar-refractivity contribution >= 4 is 36.0 Å². The number of aliphatic hydroxyl groups is 2. The monoisotopic (exact) mass is 484 g/mol. The lowest BCUT2D eigenvalue weighted by atomic mass is 9.88. The van der Waals surface area contributed by atoms with Crippen LogP contribution in [0.5, 0.6) is 0 Å². The molecule has 1 saturated carbocycles. The van der Waals surface area contributed by atoms with Crippen LogP contribution in [0.2, 0.25) is 5.28 Å². The van der Waals surface area contributed by atoms with Crippen molar-refractivity contribution in [3.8, 4) is 0 Å². The summed E-state index contributed by atoms with van der Waals surface area (Å²) in [7, 11) is -4.40. The van der Waals surface area contributed by atoms with Gasteiger partial charge in [0, 0.05) is 25.1 Å². The summed E-state index contributed by atoms with van der Waals surface area (Å²) in [5.74, 6) is -2.46. The second-order valence-corrected chi connectivity index (χ2v) is 9.54. The van der Waals surface area contributed by atoms with Crippen LogP contribution in [-0.4, -0.2) is 77.8 Å². The van der Waals surface area contributed by atoms with E-state index in [1.807, 2.05) is 0 Å². The Hall–Kier alpha value is -1.44. The Labute approximate surface area is 179 Å². The number of nitrogens with one attached hydrogen (secondary N) is 1. The second-order valence-electron chi connectivity index (χ2n) is 7.62. The first-order valence-electron chi connectivity index (χ1n) is 9.26. The van der Waals surface area contributed by atoms with E-state index >= 15 is 0 Å². The minimum Gasteiger partial charge on any atom is -0.387 e. The van der Waals surface area contributed by atoms with E-state index in [1.54, 1.807) is 6.07 Å². The molecule has 5 N–H and O–H groups in total. The van der Waals surface area contributed by atoms with E-state index in [4.69, 9.17) is 30.9 Å². The SMILES string of the molecule is O=P(O)(O)COC[C@H]1O[C@@H](n2ccc3c(NC4CC(F)(F)C4)nc(Cl)nc32)[C@H](O)[C@@H]1O. The van der Waals surface area contributed by atoms with Crippen molar-refractivity contribution < 1.29 is 42.8 Å². The lowest BCUT2D eigenvalue weighted by Crippen LogP contribution is -2.44. The number of ether oxygens (including phenoxy) is 2. The maximum Gasteiger partial charge on any atom is 0.350 e. The fourth-order valence-electron chi connectivity index (χ4n) is 3.66. The van der Waals surface area contributed by atoms with Crippen molar-refractivity contribution in [2.24, 2.45) is 0 Å². The fraction of sp³-hybridized carbons (Fsp3) is 0.625. The number of rotatable bonds is 7. The van der Waals surface area contributed by atoms with E-state index in [-0.39, 0.29) is 36.2 Å². The van der Waals surface area contributed by atoms with Crippen LogP contribution in [-0.2, 0) is 14.0 Å². The van der Waals surface area contributed by atoms with Crippen LogP contribution in [0.4, 0.5) is 14.6 Å². The number of fused-ring (bicyclic) bond motifs is 1. The number of hydrogen-bond donors (Lipinski definition) is 5. The smallest absolute Gasteiger partial charge is 0.350 e. The zero-order chi connectivity index (χ0) is 22.6. The maximum atomic E-state index is 13.1. The largest absolute Gasteiger partial charge is 0.387 e. The third-order valence-electron chi connectivity index (χ3n) is 5.13. The highest BCUT2D eigenvalue weighted by Crippen LogP contribution is 2.40. The van der Waals surface area contributed by atoms with Crippen LogP contribution in [0.1, 0.15) is 19.1 Å². The van der Waals surface area contributed by atoms with E-state index in [1.165, 1.54) is 10.8 Å². The van der Waals surface area contributed by atoms with Crippen molar-refractivity contribution in [3.63, 3.8) is 0 Å². The van der Waals surface area contributed by atoms with Gasteiger partial charge in [0.2, 0.25) is 5.28 Å². The zero-order valence-electron chi connectivity index (χ0n) is 15.8. The molecule has 0 spiro atoms. The predicted octanol–water partition coefficient (Wildman–Crippen LogP) is 1.07. The summed E-state index contributed by atoms with van der Waals surface area (Å²) >= 11 is 5.99. The number of aromatic nitrogens is 3. The van der Waals surface area contributed by atoms with Gasteiger partial charge in [-0.3, -0.25) is 4.57 Å². The Morgan fingerprint density at radius 1 is 1.32 bits per heavy atom. The third kappa shape index (κ3) is 4.83. The summed E-state index contributed by atoms with van der Waals surface area (Å²) in [6, 6.07) is 1.11. The molecule has 2 aromatic heterocycles. The topological polar surface area (TPSA) is 159 Å². The maximum absolute atomic E-state index is 13.1. The quantitative estimate of drug-likeness (QED) is 0.284. The Morgan fingerprint density at radius 2 is 2.03 bits per heavy atom. The summed E-state index contributed by atoms with van der Waals surface area (Å²) in [6.45, 7) is -0.364. The minimum absolute atomic E-state index is 0.157. The van der Waals surface area contributed by atoms with Crippen molar-refractivity contribution in [1.82, 2.24) is 14.5 Å². The Morgan fingerprint density at radius 3 is 2.68 bits per heavy atom. The van der Waals surface area contributed by atoms with Gasteiger partial charge in [0.25, 0.3) is 5.92 Å². The first kappa shape index (κ1) is 22.7. The molecule has 2 fully saturated rings. The zero-order valence-corrected chi connectivity index (χ0v) is 17.5. The molecule has 3 heterocycles. The molecule has 0 unspecified atom stereocenters. The van der Waals surface area contributed by atoms with Gasteiger partial charge in [0.15, 0.2) is 6.23 Å². The Bertz CT molecular complexity index is 1010. The molecule has 1 saturated heterocycles. The van der Waals surface area contributed by atoms with Gasteiger partial charge in [0.1, 0.15) is 36.1 Å². The summed E-state index contributed by atoms with van der Waals surface area (Å²) in [5.41, 5.74) is 0.238. The molecule has 1 aliphatic carbocycles. The molecule has 4 atom stereocenters. The molecule has 0 bridgehead atoms. The van der Waals surface area contributed by atoms with Gasteiger partial charge >= 0.3 is 7.60 Å². The van der Waals surface area contributed by atoms with Crippen LogP contribution in [0, 0.1) is 0 Å². The molecule has 0 aromatic carbocycles. The molecule has 2 aromatic rings. The molecular weight excluding hydrogens is 465 g/mol. The van der Waals surface area contributed by atoms with Gasteiger partial charge in [-0.2, -0.15) is 4.98 Å². The Balaban J connectivity index is 1.53. The van der Waals surface area contributed by atoms with E-state index in [0.717, 1.165) is 0 Å². The molecule has 172 valence electrons. The van der Waals surface area contributed by atoms with E-state index in [0.29, 0.717) is 5.39 Å².